The van der Waals surface area contributed by atoms with Crippen LogP contribution in [0.2, 0.25) is 0 Å². The SMILES string of the molecule is Cn1cc([C@@H]2CN(C(=O)Cn3nnc4ccccc43)C[C@H]2CO)cn1. The van der Waals surface area contributed by atoms with E-state index in [2.05, 4.69) is 15.4 Å². The molecule has 0 spiro atoms. The Hall–Kier alpha value is -2.74. The molecule has 0 unspecified atom stereocenters. The van der Waals surface area contributed by atoms with Crippen LogP contribution in [-0.2, 0) is 18.4 Å². The molecule has 1 amide bonds. The number of likely N-dealkylation sites (tertiary alicyclic amines) is 1. The van der Waals surface area contributed by atoms with E-state index in [4.69, 9.17) is 0 Å². The van der Waals surface area contributed by atoms with Crippen molar-refractivity contribution in [1.29, 1.82) is 0 Å². The summed E-state index contributed by atoms with van der Waals surface area (Å²) in [4.78, 5) is 14.5. The van der Waals surface area contributed by atoms with E-state index in [1.807, 2.05) is 43.7 Å². The molecule has 1 N–H and O–H groups in total. The van der Waals surface area contributed by atoms with E-state index in [9.17, 15) is 9.90 Å². The second kappa shape index (κ2) is 6.29. The summed E-state index contributed by atoms with van der Waals surface area (Å²) in [6, 6.07) is 7.58. The average Bonchev–Trinajstić information content (AvgIpc) is 3.33. The summed E-state index contributed by atoms with van der Waals surface area (Å²) in [6.45, 7) is 1.33. The van der Waals surface area contributed by atoms with Crippen LogP contribution in [0.15, 0.2) is 36.7 Å². The zero-order valence-electron chi connectivity index (χ0n) is 14.0. The van der Waals surface area contributed by atoms with Crippen molar-refractivity contribution in [1.82, 2.24) is 29.7 Å². The number of benzene rings is 1. The zero-order valence-corrected chi connectivity index (χ0v) is 14.0. The average molecular weight is 340 g/mol. The second-order valence-electron chi connectivity index (χ2n) is 6.53. The Morgan fingerprint density at radius 2 is 2.16 bits per heavy atom. The normalized spacial score (nSPS) is 20.5. The maximum absolute atomic E-state index is 12.7. The molecule has 8 nitrogen and oxygen atoms in total. The topological polar surface area (TPSA) is 89.1 Å². The fraction of sp³-hybridized carbons (Fsp3) is 0.412. The van der Waals surface area contributed by atoms with Gasteiger partial charge in [-0.05, 0) is 17.7 Å². The maximum atomic E-state index is 12.7. The highest BCUT2D eigenvalue weighted by molar-refractivity contribution is 5.80. The number of carbonyl (C=O) groups is 1. The number of hydrogen-bond acceptors (Lipinski definition) is 5. The fourth-order valence-electron chi connectivity index (χ4n) is 3.53. The van der Waals surface area contributed by atoms with Crippen molar-refractivity contribution >= 4 is 16.9 Å². The van der Waals surface area contributed by atoms with Gasteiger partial charge in [0.25, 0.3) is 0 Å². The van der Waals surface area contributed by atoms with Crippen LogP contribution in [0, 0.1) is 5.92 Å². The van der Waals surface area contributed by atoms with Crippen LogP contribution in [0.5, 0.6) is 0 Å². The molecule has 3 aromatic rings. The number of fused-ring (bicyclic) bond motifs is 1. The highest BCUT2D eigenvalue weighted by atomic mass is 16.3. The van der Waals surface area contributed by atoms with Gasteiger partial charge in [-0.3, -0.25) is 9.48 Å². The molecule has 1 aliphatic heterocycles. The van der Waals surface area contributed by atoms with Gasteiger partial charge in [-0.1, -0.05) is 17.3 Å². The molecule has 0 radical (unpaired) electrons. The Labute approximate surface area is 144 Å². The third-order valence-corrected chi connectivity index (χ3v) is 4.89. The Kier molecular flexibility index (Phi) is 3.96. The van der Waals surface area contributed by atoms with Crippen LogP contribution in [-0.4, -0.2) is 60.4 Å². The lowest BCUT2D eigenvalue weighted by Crippen LogP contribution is -2.32. The van der Waals surface area contributed by atoms with Crippen molar-refractivity contribution in [3.05, 3.63) is 42.2 Å². The van der Waals surface area contributed by atoms with Gasteiger partial charge >= 0.3 is 0 Å². The number of hydrogen-bond donors (Lipinski definition) is 1. The Balaban J connectivity index is 1.51. The molecule has 8 heteroatoms. The van der Waals surface area contributed by atoms with Crippen molar-refractivity contribution in [3.8, 4) is 0 Å². The zero-order chi connectivity index (χ0) is 17.4. The first-order valence-corrected chi connectivity index (χ1v) is 8.31. The van der Waals surface area contributed by atoms with Gasteiger partial charge in [0.2, 0.25) is 5.91 Å². The quantitative estimate of drug-likeness (QED) is 0.743. The van der Waals surface area contributed by atoms with Gasteiger partial charge < -0.3 is 10.0 Å². The van der Waals surface area contributed by atoms with Gasteiger partial charge in [0, 0.05) is 44.8 Å². The van der Waals surface area contributed by atoms with E-state index in [0.717, 1.165) is 16.6 Å². The summed E-state index contributed by atoms with van der Waals surface area (Å²) in [6.07, 6.45) is 3.76. The molecule has 0 saturated carbocycles. The molecule has 2 aromatic heterocycles. The van der Waals surface area contributed by atoms with E-state index in [1.54, 1.807) is 14.3 Å². The van der Waals surface area contributed by atoms with Gasteiger partial charge in [0.1, 0.15) is 12.1 Å². The first-order valence-electron chi connectivity index (χ1n) is 8.31. The summed E-state index contributed by atoms with van der Waals surface area (Å²) in [7, 11) is 1.87. The fourth-order valence-corrected chi connectivity index (χ4v) is 3.53. The predicted molar refractivity (Wildman–Crippen MR) is 90.6 cm³/mol. The molecule has 2 atom stereocenters. The number of aromatic nitrogens is 5. The number of amides is 1. The summed E-state index contributed by atoms with van der Waals surface area (Å²) < 4.78 is 3.37. The number of aliphatic hydroxyl groups is 1. The van der Waals surface area contributed by atoms with Crippen LogP contribution in [0.25, 0.3) is 11.0 Å². The van der Waals surface area contributed by atoms with Gasteiger partial charge in [-0.25, -0.2) is 4.68 Å². The van der Waals surface area contributed by atoms with E-state index in [-0.39, 0.29) is 30.9 Å². The van der Waals surface area contributed by atoms with Crippen molar-refractivity contribution in [2.75, 3.05) is 19.7 Å². The van der Waals surface area contributed by atoms with Crippen molar-refractivity contribution < 1.29 is 9.90 Å². The van der Waals surface area contributed by atoms with E-state index in [1.165, 1.54) is 0 Å². The lowest BCUT2D eigenvalue weighted by molar-refractivity contribution is -0.131. The number of aryl methyl sites for hydroxylation is 1. The minimum absolute atomic E-state index is 0.0134. The van der Waals surface area contributed by atoms with E-state index >= 15 is 0 Å². The molecule has 1 fully saturated rings. The molecule has 1 aliphatic rings. The molecule has 4 rings (SSSR count). The smallest absolute Gasteiger partial charge is 0.244 e. The Morgan fingerprint density at radius 3 is 2.92 bits per heavy atom. The van der Waals surface area contributed by atoms with Crippen LogP contribution in [0.3, 0.4) is 0 Å². The van der Waals surface area contributed by atoms with Gasteiger partial charge in [0.15, 0.2) is 0 Å². The summed E-state index contributed by atoms with van der Waals surface area (Å²) in [5.74, 6) is 0.122. The second-order valence-corrected chi connectivity index (χ2v) is 6.53. The lowest BCUT2D eigenvalue weighted by Gasteiger charge is -2.16. The van der Waals surface area contributed by atoms with Crippen molar-refractivity contribution in [2.24, 2.45) is 13.0 Å². The third-order valence-electron chi connectivity index (χ3n) is 4.89. The largest absolute Gasteiger partial charge is 0.396 e. The minimum atomic E-state index is -0.0134. The number of nitrogens with zero attached hydrogens (tertiary/aromatic N) is 6. The molecule has 1 saturated heterocycles. The summed E-state index contributed by atoms with van der Waals surface area (Å²) >= 11 is 0. The molecular weight excluding hydrogens is 320 g/mol. The molecule has 1 aromatic carbocycles. The van der Waals surface area contributed by atoms with Crippen LogP contribution in [0.4, 0.5) is 0 Å². The van der Waals surface area contributed by atoms with Crippen molar-refractivity contribution in [2.45, 2.75) is 12.5 Å². The maximum Gasteiger partial charge on any atom is 0.244 e. The summed E-state index contributed by atoms with van der Waals surface area (Å²) in [5, 5.41) is 22.1. The minimum Gasteiger partial charge on any atom is -0.396 e. The van der Waals surface area contributed by atoms with Gasteiger partial charge in [-0.15, -0.1) is 5.10 Å². The van der Waals surface area contributed by atoms with Gasteiger partial charge in [-0.2, -0.15) is 5.10 Å². The number of aliphatic hydroxyl groups excluding tert-OH is 1. The predicted octanol–water partition coefficient (Wildman–Crippen LogP) is 0.399. The van der Waals surface area contributed by atoms with E-state index in [0.29, 0.717) is 13.1 Å². The van der Waals surface area contributed by atoms with Crippen LogP contribution in [0.1, 0.15) is 11.5 Å². The van der Waals surface area contributed by atoms with Crippen LogP contribution >= 0.6 is 0 Å². The first kappa shape index (κ1) is 15.8. The Bertz CT molecular complexity index is 901. The number of para-hydroxylation sites is 1. The van der Waals surface area contributed by atoms with Crippen molar-refractivity contribution in [3.63, 3.8) is 0 Å². The third kappa shape index (κ3) is 2.89. The monoisotopic (exact) mass is 340 g/mol. The van der Waals surface area contributed by atoms with Crippen LogP contribution < -0.4 is 0 Å². The number of rotatable bonds is 4. The molecule has 0 aliphatic carbocycles. The first-order chi connectivity index (χ1) is 12.2. The molecule has 3 heterocycles. The van der Waals surface area contributed by atoms with E-state index < -0.39 is 0 Å². The molecule has 25 heavy (non-hydrogen) atoms. The number of carbonyl (C=O) groups excluding carboxylic acids is 1. The van der Waals surface area contributed by atoms with Gasteiger partial charge in [0.05, 0.1) is 11.7 Å². The highest BCUT2D eigenvalue weighted by Crippen LogP contribution is 2.32. The Morgan fingerprint density at radius 1 is 1.32 bits per heavy atom. The highest BCUT2D eigenvalue weighted by Gasteiger charge is 2.36. The summed E-state index contributed by atoms with van der Waals surface area (Å²) in [5.41, 5.74) is 2.68. The molecule has 130 valence electrons. The molecule has 0 bridgehead atoms. The molecular formula is C17H20N6O2. The lowest BCUT2D eigenvalue weighted by atomic mass is 9.92. The standard InChI is InChI=1S/C17H20N6O2/c1-21-7-12(6-18-21)14-9-22(8-13(14)11-24)17(25)10-23-16-5-3-2-4-15(16)19-20-23/h2-7,13-14,24H,8-11H2,1H3/t13-,14-/m0/s1.